The highest BCUT2D eigenvalue weighted by atomic mass is 32.2. The normalized spacial score (nSPS) is 11.2. The Hall–Kier alpha value is -2.55. The highest BCUT2D eigenvalue weighted by Crippen LogP contribution is 2.36. The fraction of sp³-hybridized carbons (Fsp3) is 0.278. The van der Waals surface area contributed by atoms with Crippen molar-refractivity contribution in [1.82, 2.24) is 5.32 Å². The van der Waals surface area contributed by atoms with Gasteiger partial charge in [-0.1, -0.05) is 30.3 Å². The Balaban J connectivity index is 1.84. The molecule has 2 aromatic carbocycles. The van der Waals surface area contributed by atoms with Gasteiger partial charge in [0.15, 0.2) is 0 Å². The largest absolute Gasteiger partial charge is 0.416 e. The Morgan fingerprint density at radius 2 is 1.85 bits per heavy atom. The molecule has 2 rings (SSSR count). The van der Waals surface area contributed by atoms with E-state index >= 15 is 0 Å². The molecule has 0 aliphatic carbocycles. The molecule has 2 aromatic rings. The van der Waals surface area contributed by atoms with Crippen LogP contribution in [0.3, 0.4) is 0 Å². The lowest BCUT2D eigenvalue weighted by Crippen LogP contribution is -2.26. The van der Waals surface area contributed by atoms with E-state index in [-0.39, 0.29) is 16.6 Å². The molecule has 0 radical (unpaired) electrons. The quantitative estimate of drug-likeness (QED) is 0.309. The number of alkyl halides is 3. The molecule has 1 amide bonds. The van der Waals surface area contributed by atoms with Gasteiger partial charge in [0.05, 0.1) is 21.1 Å². The number of aryl methyl sites for hydroxylation is 1. The zero-order valence-electron chi connectivity index (χ0n) is 14.2. The summed E-state index contributed by atoms with van der Waals surface area (Å²) in [7, 11) is 0. The van der Waals surface area contributed by atoms with Gasteiger partial charge in [0.1, 0.15) is 0 Å². The lowest BCUT2D eigenvalue weighted by Gasteiger charge is -2.09. The van der Waals surface area contributed by atoms with Crippen molar-refractivity contribution in [3.05, 3.63) is 69.8 Å². The average Bonchev–Trinajstić information content (AvgIpc) is 2.63. The van der Waals surface area contributed by atoms with E-state index in [2.05, 4.69) is 5.32 Å². The maximum Gasteiger partial charge on any atom is 0.416 e. The number of hydrogen-bond acceptors (Lipinski definition) is 4. The highest BCUT2D eigenvalue weighted by molar-refractivity contribution is 8.00. The zero-order valence-corrected chi connectivity index (χ0v) is 15.0. The summed E-state index contributed by atoms with van der Waals surface area (Å²) in [5.74, 6) is -0.445. The van der Waals surface area contributed by atoms with Crippen LogP contribution in [0.4, 0.5) is 18.9 Å². The summed E-state index contributed by atoms with van der Waals surface area (Å²) >= 11 is 0.836. The minimum Gasteiger partial charge on any atom is -0.355 e. The third-order valence-corrected chi connectivity index (χ3v) is 4.71. The SMILES string of the molecule is O=C(CSc1ccc(C(F)(F)F)cc1[N+](=O)[O-])NCCCc1ccccc1. The van der Waals surface area contributed by atoms with Gasteiger partial charge in [-0.05, 0) is 30.5 Å². The zero-order chi connectivity index (χ0) is 19.9. The third kappa shape index (κ3) is 6.59. The third-order valence-electron chi connectivity index (χ3n) is 3.65. The molecule has 0 aliphatic rings. The summed E-state index contributed by atoms with van der Waals surface area (Å²) in [6, 6.07) is 12.0. The van der Waals surface area contributed by atoms with Crippen molar-refractivity contribution in [2.24, 2.45) is 0 Å². The van der Waals surface area contributed by atoms with Crippen molar-refractivity contribution < 1.29 is 22.9 Å². The van der Waals surface area contributed by atoms with E-state index in [1.165, 1.54) is 0 Å². The van der Waals surface area contributed by atoms with Crippen LogP contribution in [0.1, 0.15) is 17.5 Å². The number of carbonyl (C=O) groups is 1. The number of nitrogens with one attached hydrogen (secondary N) is 1. The van der Waals surface area contributed by atoms with Crippen LogP contribution in [0.15, 0.2) is 53.4 Å². The van der Waals surface area contributed by atoms with E-state index in [1.807, 2.05) is 30.3 Å². The Labute approximate surface area is 158 Å². The van der Waals surface area contributed by atoms with E-state index in [4.69, 9.17) is 0 Å². The van der Waals surface area contributed by atoms with E-state index < -0.39 is 22.4 Å². The fourth-order valence-electron chi connectivity index (χ4n) is 2.32. The van der Waals surface area contributed by atoms with Crippen molar-refractivity contribution >= 4 is 23.4 Å². The van der Waals surface area contributed by atoms with Crippen molar-refractivity contribution in [2.45, 2.75) is 23.9 Å². The summed E-state index contributed by atoms with van der Waals surface area (Å²) in [6.07, 6.45) is -3.12. The van der Waals surface area contributed by atoms with Gasteiger partial charge in [-0.25, -0.2) is 0 Å². The summed E-state index contributed by atoms with van der Waals surface area (Å²) in [4.78, 5) is 22.0. The van der Waals surface area contributed by atoms with Gasteiger partial charge in [0, 0.05) is 12.6 Å². The first-order valence-electron chi connectivity index (χ1n) is 8.06. The van der Waals surface area contributed by atoms with Crippen molar-refractivity contribution in [3.63, 3.8) is 0 Å². The predicted octanol–water partition coefficient (Wildman–Crippen LogP) is 4.45. The van der Waals surface area contributed by atoms with Gasteiger partial charge in [-0.3, -0.25) is 14.9 Å². The van der Waals surface area contributed by atoms with Crippen LogP contribution in [0, 0.1) is 10.1 Å². The van der Waals surface area contributed by atoms with Crippen molar-refractivity contribution in [3.8, 4) is 0 Å². The standard InChI is InChI=1S/C18H17F3N2O3S/c19-18(20,21)14-8-9-16(15(11-14)23(25)26)27-12-17(24)22-10-4-7-13-5-2-1-3-6-13/h1-3,5-6,8-9,11H,4,7,10,12H2,(H,22,24). The van der Waals surface area contributed by atoms with Gasteiger partial charge >= 0.3 is 6.18 Å². The summed E-state index contributed by atoms with van der Waals surface area (Å²) in [6.45, 7) is 0.448. The second-order valence-corrected chi connectivity index (χ2v) is 6.68. The topological polar surface area (TPSA) is 72.2 Å². The lowest BCUT2D eigenvalue weighted by molar-refractivity contribution is -0.388. The summed E-state index contributed by atoms with van der Waals surface area (Å²) in [5, 5.41) is 13.7. The maximum absolute atomic E-state index is 12.7. The molecule has 0 saturated carbocycles. The number of hydrogen-bond donors (Lipinski definition) is 1. The van der Waals surface area contributed by atoms with E-state index in [0.717, 1.165) is 42.3 Å². The number of carbonyl (C=O) groups excluding carboxylic acids is 1. The van der Waals surface area contributed by atoms with Crippen LogP contribution in [0.2, 0.25) is 0 Å². The lowest BCUT2D eigenvalue weighted by atomic mass is 10.1. The fourth-order valence-corrected chi connectivity index (χ4v) is 3.15. The van der Waals surface area contributed by atoms with Gasteiger partial charge in [-0.15, -0.1) is 11.8 Å². The van der Waals surface area contributed by atoms with Crippen LogP contribution in [0.25, 0.3) is 0 Å². The van der Waals surface area contributed by atoms with Crippen molar-refractivity contribution in [2.75, 3.05) is 12.3 Å². The molecule has 0 heterocycles. The van der Waals surface area contributed by atoms with E-state index in [9.17, 15) is 28.1 Å². The van der Waals surface area contributed by atoms with Crippen LogP contribution in [-0.4, -0.2) is 23.1 Å². The first kappa shape index (κ1) is 20.8. The minimum atomic E-state index is -4.66. The molecule has 0 fully saturated rings. The molecular formula is C18H17F3N2O3S. The second kappa shape index (κ2) is 9.40. The number of thioether (sulfide) groups is 1. The molecule has 0 aromatic heterocycles. The molecule has 9 heteroatoms. The molecule has 0 spiro atoms. The van der Waals surface area contributed by atoms with Crippen LogP contribution in [-0.2, 0) is 17.4 Å². The van der Waals surface area contributed by atoms with Gasteiger partial charge in [0.25, 0.3) is 5.69 Å². The summed E-state index contributed by atoms with van der Waals surface area (Å²) in [5.41, 5.74) is -0.600. The van der Waals surface area contributed by atoms with Gasteiger partial charge < -0.3 is 5.32 Å². The Kier molecular flexibility index (Phi) is 7.23. The van der Waals surface area contributed by atoms with Crippen molar-refractivity contribution in [1.29, 1.82) is 0 Å². The molecule has 5 nitrogen and oxygen atoms in total. The van der Waals surface area contributed by atoms with E-state index in [0.29, 0.717) is 12.6 Å². The predicted molar refractivity (Wildman–Crippen MR) is 96.6 cm³/mol. The minimum absolute atomic E-state index is 0.0208. The first-order chi connectivity index (χ1) is 12.8. The Bertz CT molecular complexity index is 798. The smallest absolute Gasteiger partial charge is 0.355 e. The van der Waals surface area contributed by atoms with Gasteiger partial charge in [-0.2, -0.15) is 13.2 Å². The first-order valence-corrected chi connectivity index (χ1v) is 9.05. The molecule has 1 N–H and O–H groups in total. The molecule has 27 heavy (non-hydrogen) atoms. The number of nitro benzene ring substituents is 1. The molecule has 0 saturated heterocycles. The molecule has 0 atom stereocenters. The molecule has 0 aliphatic heterocycles. The number of halogens is 3. The number of rotatable bonds is 8. The van der Waals surface area contributed by atoms with Crippen LogP contribution in [0.5, 0.6) is 0 Å². The molecule has 144 valence electrons. The monoisotopic (exact) mass is 398 g/mol. The second-order valence-electron chi connectivity index (χ2n) is 5.67. The number of amides is 1. The Morgan fingerprint density at radius 3 is 2.48 bits per heavy atom. The average molecular weight is 398 g/mol. The number of nitro groups is 1. The maximum atomic E-state index is 12.7. The van der Waals surface area contributed by atoms with E-state index in [1.54, 1.807) is 0 Å². The van der Waals surface area contributed by atoms with Crippen LogP contribution < -0.4 is 5.32 Å². The highest BCUT2D eigenvalue weighted by Gasteiger charge is 2.33. The molecule has 0 bridgehead atoms. The molecule has 0 unspecified atom stereocenters. The molecular weight excluding hydrogens is 381 g/mol. The van der Waals surface area contributed by atoms with Gasteiger partial charge in [0.2, 0.25) is 5.91 Å². The number of benzene rings is 2. The summed E-state index contributed by atoms with van der Waals surface area (Å²) < 4.78 is 38.0. The number of nitrogens with zero attached hydrogens (tertiary/aromatic N) is 1. The Morgan fingerprint density at radius 1 is 1.15 bits per heavy atom. The van der Waals surface area contributed by atoms with Crippen LogP contribution >= 0.6 is 11.8 Å².